The van der Waals surface area contributed by atoms with Gasteiger partial charge in [-0.25, -0.2) is 0 Å². The molecule has 2 nitrogen and oxygen atoms in total. The van der Waals surface area contributed by atoms with Gasteiger partial charge < -0.3 is 10.4 Å². The number of hydrogen-bond donors (Lipinski definition) is 2. The van der Waals surface area contributed by atoms with Gasteiger partial charge in [0.1, 0.15) is 0 Å². The highest BCUT2D eigenvalue weighted by atomic mass is 16.3. The van der Waals surface area contributed by atoms with Gasteiger partial charge in [-0.2, -0.15) is 0 Å². The third kappa shape index (κ3) is 1.80. The lowest BCUT2D eigenvalue weighted by Gasteiger charge is -2.59. The van der Waals surface area contributed by atoms with Crippen LogP contribution < -0.4 is 5.32 Å². The topological polar surface area (TPSA) is 32.3 Å². The Morgan fingerprint density at radius 1 is 1.06 bits per heavy atom. The average Bonchev–Trinajstić information content (AvgIpc) is 2.06. The normalized spacial score (nSPS) is 51.0. The van der Waals surface area contributed by atoms with Crippen LogP contribution in [0.25, 0.3) is 0 Å². The molecule has 4 fully saturated rings. The molecule has 4 saturated carbocycles. The Hall–Kier alpha value is -0.0800. The molecule has 2 atom stereocenters. The van der Waals surface area contributed by atoms with E-state index in [-0.39, 0.29) is 11.1 Å². The summed E-state index contributed by atoms with van der Waals surface area (Å²) >= 11 is 0. The summed E-state index contributed by atoms with van der Waals surface area (Å²) in [4.78, 5) is 0. The molecule has 92 valence electrons. The third-order valence-corrected chi connectivity index (χ3v) is 4.84. The van der Waals surface area contributed by atoms with E-state index in [9.17, 15) is 5.11 Å². The van der Waals surface area contributed by atoms with Gasteiger partial charge in [0, 0.05) is 11.6 Å². The smallest absolute Gasteiger partial charge is 0.0657 e. The van der Waals surface area contributed by atoms with Gasteiger partial charge in [-0.15, -0.1) is 0 Å². The summed E-state index contributed by atoms with van der Waals surface area (Å²) in [5.74, 6) is 2.28. The molecule has 2 heteroatoms. The SMILES string of the molecule is CC(C)(C)NC1C2CC3CC1CC(O)(C3)C2. The van der Waals surface area contributed by atoms with Gasteiger partial charge in [0.15, 0.2) is 0 Å². The number of hydrogen-bond acceptors (Lipinski definition) is 2. The minimum absolute atomic E-state index is 0.211. The molecule has 2 N–H and O–H groups in total. The molecule has 2 unspecified atom stereocenters. The van der Waals surface area contributed by atoms with E-state index in [4.69, 9.17) is 0 Å². The first-order valence-corrected chi connectivity index (χ1v) is 6.85. The summed E-state index contributed by atoms with van der Waals surface area (Å²) in [5, 5.41) is 14.3. The maximum atomic E-state index is 10.5. The van der Waals surface area contributed by atoms with Gasteiger partial charge in [-0.3, -0.25) is 0 Å². The minimum Gasteiger partial charge on any atom is -0.390 e. The van der Waals surface area contributed by atoms with Gasteiger partial charge in [0.2, 0.25) is 0 Å². The van der Waals surface area contributed by atoms with Gasteiger partial charge in [-0.1, -0.05) is 0 Å². The van der Waals surface area contributed by atoms with Crippen molar-refractivity contribution in [1.29, 1.82) is 0 Å². The second-order valence-corrected chi connectivity index (χ2v) is 7.61. The molecular formula is C14H25NO. The summed E-state index contributed by atoms with van der Waals surface area (Å²) < 4.78 is 0. The van der Waals surface area contributed by atoms with Gasteiger partial charge in [0.05, 0.1) is 5.60 Å². The zero-order chi connectivity index (χ0) is 11.6. The Morgan fingerprint density at radius 2 is 1.62 bits per heavy atom. The van der Waals surface area contributed by atoms with E-state index in [1.165, 1.54) is 12.8 Å². The second kappa shape index (κ2) is 3.23. The number of rotatable bonds is 1. The zero-order valence-electron chi connectivity index (χ0n) is 10.8. The predicted octanol–water partition coefficient (Wildman–Crippen LogP) is 2.31. The predicted molar refractivity (Wildman–Crippen MR) is 65.2 cm³/mol. The standard InChI is InChI=1S/C14H25NO/c1-13(2,3)15-12-10-4-9-5-11(12)8-14(16,6-9)7-10/h9-12,15-16H,4-8H2,1-3H3. The lowest BCUT2D eigenvalue weighted by atomic mass is 9.52. The fourth-order valence-electron chi connectivity index (χ4n) is 4.72. The van der Waals surface area contributed by atoms with E-state index in [0.29, 0.717) is 6.04 Å². The molecule has 0 aromatic heterocycles. The van der Waals surface area contributed by atoms with Crippen molar-refractivity contribution in [3.8, 4) is 0 Å². The lowest BCUT2D eigenvalue weighted by molar-refractivity contribution is -0.141. The number of aliphatic hydroxyl groups is 1. The van der Waals surface area contributed by atoms with Gasteiger partial charge in [-0.05, 0) is 70.6 Å². The van der Waals surface area contributed by atoms with E-state index < -0.39 is 0 Å². The first-order chi connectivity index (χ1) is 7.35. The highest BCUT2D eigenvalue weighted by Crippen LogP contribution is 2.55. The molecule has 0 radical (unpaired) electrons. The van der Waals surface area contributed by atoms with Crippen LogP contribution in [-0.4, -0.2) is 22.3 Å². The van der Waals surface area contributed by atoms with Crippen molar-refractivity contribution in [3.63, 3.8) is 0 Å². The zero-order valence-corrected chi connectivity index (χ0v) is 10.8. The molecule has 4 aliphatic carbocycles. The molecule has 0 saturated heterocycles. The Labute approximate surface area is 98.8 Å². The molecule has 0 aromatic carbocycles. The molecule has 0 aliphatic heterocycles. The van der Waals surface area contributed by atoms with Crippen LogP contribution in [0.1, 0.15) is 52.9 Å². The van der Waals surface area contributed by atoms with E-state index >= 15 is 0 Å². The van der Waals surface area contributed by atoms with Crippen LogP contribution in [0.15, 0.2) is 0 Å². The number of nitrogens with one attached hydrogen (secondary N) is 1. The Balaban J connectivity index is 1.79. The third-order valence-electron chi connectivity index (χ3n) is 4.84. The van der Waals surface area contributed by atoms with Crippen LogP contribution >= 0.6 is 0 Å². The molecule has 4 rings (SSSR count). The van der Waals surface area contributed by atoms with Crippen LogP contribution in [0, 0.1) is 17.8 Å². The van der Waals surface area contributed by atoms with Crippen LogP contribution in [0.2, 0.25) is 0 Å². The quantitative estimate of drug-likeness (QED) is 0.715. The van der Waals surface area contributed by atoms with Crippen molar-refractivity contribution < 1.29 is 5.11 Å². The molecular weight excluding hydrogens is 198 g/mol. The van der Waals surface area contributed by atoms with Crippen LogP contribution in [-0.2, 0) is 0 Å². The Morgan fingerprint density at radius 3 is 2.06 bits per heavy atom. The van der Waals surface area contributed by atoms with E-state index in [1.54, 1.807) is 0 Å². The van der Waals surface area contributed by atoms with E-state index in [2.05, 4.69) is 26.1 Å². The molecule has 0 heterocycles. The molecule has 0 amide bonds. The maximum absolute atomic E-state index is 10.5. The summed E-state index contributed by atoms with van der Waals surface area (Å²) in [7, 11) is 0. The molecule has 0 aromatic rings. The second-order valence-electron chi connectivity index (χ2n) is 7.61. The monoisotopic (exact) mass is 223 g/mol. The highest BCUT2D eigenvalue weighted by molar-refractivity contribution is 5.08. The first kappa shape index (κ1) is 11.0. The van der Waals surface area contributed by atoms with Gasteiger partial charge in [0.25, 0.3) is 0 Å². The van der Waals surface area contributed by atoms with Crippen LogP contribution in [0.4, 0.5) is 0 Å². The minimum atomic E-state index is -0.285. The average molecular weight is 223 g/mol. The maximum Gasteiger partial charge on any atom is 0.0657 e. The molecule has 4 bridgehead atoms. The molecule has 0 spiro atoms. The first-order valence-electron chi connectivity index (χ1n) is 6.85. The Bertz CT molecular complexity index is 278. The lowest BCUT2D eigenvalue weighted by Crippen LogP contribution is -2.63. The molecule has 4 aliphatic rings. The summed E-state index contributed by atoms with van der Waals surface area (Å²) in [5.41, 5.74) is -0.0742. The Kier molecular flexibility index (Phi) is 2.23. The van der Waals surface area contributed by atoms with Crippen molar-refractivity contribution in [3.05, 3.63) is 0 Å². The summed E-state index contributed by atoms with van der Waals surface area (Å²) in [6.07, 6.45) is 5.89. The van der Waals surface area contributed by atoms with E-state index in [0.717, 1.165) is 37.0 Å². The van der Waals surface area contributed by atoms with Crippen molar-refractivity contribution in [2.45, 2.75) is 70.1 Å². The van der Waals surface area contributed by atoms with Crippen LogP contribution in [0.5, 0.6) is 0 Å². The molecule has 16 heavy (non-hydrogen) atoms. The fourth-order valence-corrected chi connectivity index (χ4v) is 4.72. The van der Waals surface area contributed by atoms with Crippen molar-refractivity contribution in [1.82, 2.24) is 5.32 Å². The van der Waals surface area contributed by atoms with Crippen molar-refractivity contribution >= 4 is 0 Å². The van der Waals surface area contributed by atoms with Crippen LogP contribution in [0.3, 0.4) is 0 Å². The van der Waals surface area contributed by atoms with E-state index in [1.807, 2.05) is 0 Å². The largest absolute Gasteiger partial charge is 0.390 e. The summed E-state index contributed by atoms with van der Waals surface area (Å²) in [6.45, 7) is 6.77. The summed E-state index contributed by atoms with van der Waals surface area (Å²) in [6, 6.07) is 0.664. The highest BCUT2D eigenvalue weighted by Gasteiger charge is 2.54. The fraction of sp³-hybridized carbons (Fsp3) is 1.00. The van der Waals surface area contributed by atoms with Crippen molar-refractivity contribution in [2.75, 3.05) is 0 Å². The van der Waals surface area contributed by atoms with Gasteiger partial charge >= 0.3 is 0 Å². The van der Waals surface area contributed by atoms with Crippen molar-refractivity contribution in [2.24, 2.45) is 17.8 Å².